The number of aromatic nitrogens is 2. The third-order valence-electron chi connectivity index (χ3n) is 6.38. The van der Waals surface area contributed by atoms with Gasteiger partial charge in [-0.05, 0) is 43.0 Å². The molecule has 170 valence electrons. The van der Waals surface area contributed by atoms with E-state index in [1.165, 1.54) is 19.3 Å². The molecule has 0 radical (unpaired) electrons. The molecular weight excluding hydrogens is 402 g/mol. The fraction of sp³-hybridized carbons (Fsp3) is 0.462. The fourth-order valence-electron chi connectivity index (χ4n) is 4.75. The summed E-state index contributed by atoms with van der Waals surface area (Å²) in [5.41, 5.74) is 2.63. The standard InChI is InChI=1S/C26H33N3O3/c1-17(2)24(26(30)27-18-10-6-5-7-11-18)29-22-13-9-8-12-21(22)28-25(29)20-15-14-19(31-3)16-23(20)32-4/h8-9,12-18,24H,5-7,10-11H2,1-4H3,(H,27,30). The van der Waals surface area contributed by atoms with Crippen LogP contribution < -0.4 is 14.8 Å². The van der Waals surface area contributed by atoms with Crippen LogP contribution in [0.1, 0.15) is 52.0 Å². The molecule has 1 aromatic heterocycles. The van der Waals surface area contributed by atoms with Crippen molar-refractivity contribution in [3.05, 3.63) is 42.5 Å². The highest BCUT2D eigenvalue weighted by atomic mass is 16.5. The molecule has 4 rings (SSSR count). The second kappa shape index (κ2) is 9.63. The van der Waals surface area contributed by atoms with Crippen LogP contribution in [0.2, 0.25) is 0 Å². The van der Waals surface area contributed by atoms with Gasteiger partial charge in [0.25, 0.3) is 0 Å². The Labute approximate surface area is 189 Å². The Bertz CT molecular complexity index is 1080. The van der Waals surface area contributed by atoms with Gasteiger partial charge >= 0.3 is 0 Å². The molecule has 1 heterocycles. The monoisotopic (exact) mass is 435 g/mol. The topological polar surface area (TPSA) is 65.4 Å². The maximum atomic E-state index is 13.6. The lowest BCUT2D eigenvalue weighted by Gasteiger charge is -2.29. The average molecular weight is 436 g/mol. The van der Waals surface area contributed by atoms with E-state index in [0.717, 1.165) is 35.3 Å². The van der Waals surface area contributed by atoms with Gasteiger partial charge in [0, 0.05) is 12.1 Å². The van der Waals surface area contributed by atoms with Crippen molar-refractivity contribution in [2.24, 2.45) is 5.92 Å². The zero-order valence-corrected chi connectivity index (χ0v) is 19.4. The van der Waals surface area contributed by atoms with E-state index in [2.05, 4.69) is 23.7 Å². The van der Waals surface area contributed by atoms with Gasteiger partial charge in [0.05, 0.1) is 30.8 Å². The molecular formula is C26H33N3O3. The predicted octanol–water partition coefficient (Wildman–Crippen LogP) is 5.37. The van der Waals surface area contributed by atoms with Gasteiger partial charge in [0.1, 0.15) is 23.4 Å². The van der Waals surface area contributed by atoms with Crippen molar-refractivity contribution in [2.45, 2.75) is 58.0 Å². The van der Waals surface area contributed by atoms with Crippen molar-refractivity contribution < 1.29 is 14.3 Å². The SMILES string of the molecule is COc1ccc(-c2nc3ccccc3n2C(C(=O)NC2CCCCC2)C(C)C)c(OC)c1. The smallest absolute Gasteiger partial charge is 0.243 e. The van der Waals surface area contributed by atoms with E-state index in [4.69, 9.17) is 14.5 Å². The number of hydrogen-bond acceptors (Lipinski definition) is 4. The number of nitrogens with zero attached hydrogens (tertiary/aromatic N) is 2. The summed E-state index contributed by atoms with van der Waals surface area (Å²) < 4.78 is 13.1. The molecule has 1 amide bonds. The highest BCUT2D eigenvalue weighted by molar-refractivity contribution is 5.88. The first-order chi connectivity index (χ1) is 15.5. The van der Waals surface area contributed by atoms with E-state index < -0.39 is 0 Å². The van der Waals surface area contributed by atoms with Gasteiger partial charge in [-0.1, -0.05) is 45.2 Å². The summed E-state index contributed by atoms with van der Waals surface area (Å²) in [5.74, 6) is 2.24. The first-order valence-corrected chi connectivity index (χ1v) is 11.5. The number of nitrogens with one attached hydrogen (secondary N) is 1. The Morgan fingerprint density at radius 1 is 1.06 bits per heavy atom. The summed E-state index contributed by atoms with van der Waals surface area (Å²) in [6, 6.07) is 13.6. The molecule has 1 N–H and O–H groups in total. The van der Waals surface area contributed by atoms with Crippen LogP contribution in [0.3, 0.4) is 0 Å². The molecule has 1 atom stereocenters. The first kappa shape index (κ1) is 22.2. The van der Waals surface area contributed by atoms with Gasteiger partial charge in [0.2, 0.25) is 5.91 Å². The molecule has 1 saturated carbocycles. The number of benzene rings is 2. The summed E-state index contributed by atoms with van der Waals surface area (Å²) in [6.45, 7) is 4.18. The number of methoxy groups -OCH3 is 2. The highest BCUT2D eigenvalue weighted by Crippen LogP contribution is 2.38. The van der Waals surface area contributed by atoms with Crippen LogP contribution in [0.15, 0.2) is 42.5 Å². The molecule has 32 heavy (non-hydrogen) atoms. The van der Waals surface area contributed by atoms with E-state index in [1.54, 1.807) is 14.2 Å². The maximum Gasteiger partial charge on any atom is 0.243 e. The molecule has 0 aliphatic heterocycles. The number of carbonyl (C=O) groups excluding carboxylic acids is 1. The summed E-state index contributed by atoms with van der Waals surface area (Å²) in [7, 11) is 3.27. The molecule has 6 nitrogen and oxygen atoms in total. The highest BCUT2D eigenvalue weighted by Gasteiger charge is 2.31. The van der Waals surface area contributed by atoms with Crippen LogP contribution in [-0.4, -0.2) is 35.7 Å². The molecule has 1 aliphatic carbocycles. The number of ether oxygens (including phenoxy) is 2. The third kappa shape index (κ3) is 4.31. The Kier molecular flexibility index (Phi) is 6.68. The number of carbonyl (C=O) groups is 1. The van der Waals surface area contributed by atoms with E-state index in [-0.39, 0.29) is 23.9 Å². The van der Waals surface area contributed by atoms with Crippen molar-refractivity contribution in [2.75, 3.05) is 14.2 Å². The molecule has 3 aromatic rings. The molecule has 2 aromatic carbocycles. The zero-order valence-electron chi connectivity index (χ0n) is 19.4. The molecule has 0 bridgehead atoms. The lowest BCUT2D eigenvalue weighted by Crippen LogP contribution is -2.42. The molecule has 1 fully saturated rings. The fourth-order valence-corrected chi connectivity index (χ4v) is 4.75. The van der Waals surface area contributed by atoms with Gasteiger partial charge in [-0.25, -0.2) is 4.98 Å². The van der Waals surface area contributed by atoms with Gasteiger partial charge in [0.15, 0.2) is 0 Å². The second-order valence-corrected chi connectivity index (χ2v) is 8.89. The minimum absolute atomic E-state index is 0.0591. The van der Waals surface area contributed by atoms with Crippen LogP contribution in [-0.2, 0) is 4.79 Å². The summed E-state index contributed by atoms with van der Waals surface area (Å²) in [5, 5.41) is 3.34. The molecule has 0 spiro atoms. The molecule has 0 saturated heterocycles. The minimum Gasteiger partial charge on any atom is -0.497 e. The van der Waals surface area contributed by atoms with Crippen LogP contribution in [0, 0.1) is 5.92 Å². The zero-order chi connectivity index (χ0) is 22.7. The van der Waals surface area contributed by atoms with Gasteiger partial charge < -0.3 is 19.4 Å². The van der Waals surface area contributed by atoms with Crippen molar-refractivity contribution >= 4 is 16.9 Å². The quantitative estimate of drug-likeness (QED) is 0.542. The Morgan fingerprint density at radius 2 is 1.81 bits per heavy atom. The number of hydrogen-bond donors (Lipinski definition) is 1. The first-order valence-electron chi connectivity index (χ1n) is 11.5. The van der Waals surface area contributed by atoms with Crippen LogP contribution in [0.4, 0.5) is 0 Å². The second-order valence-electron chi connectivity index (χ2n) is 8.89. The van der Waals surface area contributed by atoms with Crippen LogP contribution in [0.25, 0.3) is 22.4 Å². The van der Waals surface area contributed by atoms with E-state index in [1.807, 2.05) is 42.5 Å². The Hall–Kier alpha value is -3.02. The van der Waals surface area contributed by atoms with Crippen LogP contribution >= 0.6 is 0 Å². The lowest BCUT2D eigenvalue weighted by atomic mass is 9.94. The van der Waals surface area contributed by atoms with Crippen molar-refractivity contribution in [3.8, 4) is 22.9 Å². The maximum absolute atomic E-state index is 13.6. The normalized spacial score (nSPS) is 15.7. The van der Waals surface area contributed by atoms with Crippen molar-refractivity contribution in [1.29, 1.82) is 0 Å². The van der Waals surface area contributed by atoms with Gasteiger partial charge in [-0.15, -0.1) is 0 Å². The minimum atomic E-state index is -0.383. The van der Waals surface area contributed by atoms with Crippen molar-refractivity contribution in [1.82, 2.24) is 14.9 Å². The number of para-hydroxylation sites is 2. The third-order valence-corrected chi connectivity index (χ3v) is 6.38. The summed E-state index contributed by atoms with van der Waals surface area (Å²) in [6.07, 6.45) is 5.73. The lowest BCUT2D eigenvalue weighted by molar-refractivity contribution is -0.126. The van der Waals surface area contributed by atoms with E-state index in [0.29, 0.717) is 11.5 Å². The summed E-state index contributed by atoms with van der Waals surface area (Å²) in [4.78, 5) is 18.6. The number of rotatable bonds is 7. The molecule has 1 unspecified atom stereocenters. The number of imidazole rings is 1. The number of amides is 1. The average Bonchev–Trinajstić information content (AvgIpc) is 3.18. The Balaban J connectivity index is 1.84. The van der Waals surface area contributed by atoms with E-state index in [9.17, 15) is 4.79 Å². The van der Waals surface area contributed by atoms with E-state index >= 15 is 0 Å². The van der Waals surface area contributed by atoms with Crippen LogP contribution in [0.5, 0.6) is 11.5 Å². The summed E-state index contributed by atoms with van der Waals surface area (Å²) >= 11 is 0. The number of fused-ring (bicyclic) bond motifs is 1. The predicted molar refractivity (Wildman–Crippen MR) is 127 cm³/mol. The molecule has 1 aliphatic rings. The Morgan fingerprint density at radius 3 is 2.50 bits per heavy atom. The van der Waals surface area contributed by atoms with Gasteiger partial charge in [-0.2, -0.15) is 0 Å². The van der Waals surface area contributed by atoms with Crippen molar-refractivity contribution in [3.63, 3.8) is 0 Å². The van der Waals surface area contributed by atoms with Gasteiger partial charge in [-0.3, -0.25) is 4.79 Å². The molecule has 6 heteroatoms. The largest absolute Gasteiger partial charge is 0.497 e.